The van der Waals surface area contributed by atoms with E-state index in [1.165, 1.54) is 0 Å². The van der Waals surface area contributed by atoms with Crippen LogP contribution in [-0.4, -0.2) is 63.9 Å². The Kier molecular flexibility index (Phi) is 6.04. The SMILES string of the molecule is CCN(CC)[C@H]1CCN(C(=O)N[C@@H](C)Cn2nc(C)cc2C)C1. The average molecular weight is 321 g/mol. The second-order valence-corrected chi connectivity index (χ2v) is 6.57. The Balaban J connectivity index is 1.83. The van der Waals surface area contributed by atoms with Gasteiger partial charge >= 0.3 is 6.03 Å². The lowest BCUT2D eigenvalue weighted by Crippen LogP contribution is -2.46. The van der Waals surface area contributed by atoms with Gasteiger partial charge in [0.1, 0.15) is 0 Å². The van der Waals surface area contributed by atoms with Crippen molar-refractivity contribution in [3.63, 3.8) is 0 Å². The van der Waals surface area contributed by atoms with Crippen LogP contribution in [0.4, 0.5) is 4.79 Å². The molecule has 2 rings (SSSR count). The largest absolute Gasteiger partial charge is 0.334 e. The molecule has 1 aromatic heterocycles. The van der Waals surface area contributed by atoms with Crippen LogP contribution in [0.1, 0.15) is 38.6 Å². The van der Waals surface area contributed by atoms with Crippen LogP contribution in [0.2, 0.25) is 0 Å². The van der Waals surface area contributed by atoms with Crippen molar-refractivity contribution >= 4 is 6.03 Å². The maximum atomic E-state index is 12.4. The van der Waals surface area contributed by atoms with Gasteiger partial charge in [0.25, 0.3) is 0 Å². The fourth-order valence-corrected chi connectivity index (χ4v) is 3.43. The van der Waals surface area contributed by atoms with E-state index in [1.54, 1.807) is 0 Å². The Hall–Kier alpha value is -1.56. The van der Waals surface area contributed by atoms with Crippen LogP contribution in [0.3, 0.4) is 0 Å². The molecule has 0 unspecified atom stereocenters. The lowest BCUT2D eigenvalue weighted by atomic mass is 10.2. The van der Waals surface area contributed by atoms with Gasteiger partial charge in [0.2, 0.25) is 0 Å². The Morgan fingerprint density at radius 1 is 1.43 bits per heavy atom. The van der Waals surface area contributed by atoms with Crippen molar-refractivity contribution in [3.8, 4) is 0 Å². The highest BCUT2D eigenvalue weighted by Gasteiger charge is 2.29. The summed E-state index contributed by atoms with van der Waals surface area (Å²) in [6.45, 7) is 14.9. The quantitative estimate of drug-likeness (QED) is 0.872. The summed E-state index contributed by atoms with van der Waals surface area (Å²) < 4.78 is 1.96. The fourth-order valence-electron chi connectivity index (χ4n) is 3.43. The number of likely N-dealkylation sites (N-methyl/N-ethyl adjacent to an activating group) is 1. The Bertz CT molecular complexity index is 523. The van der Waals surface area contributed by atoms with Crippen LogP contribution in [0.15, 0.2) is 6.07 Å². The van der Waals surface area contributed by atoms with Gasteiger partial charge in [-0.05, 0) is 46.3 Å². The van der Waals surface area contributed by atoms with Gasteiger partial charge in [0.05, 0.1) is 12.2 Å². The van der Waals surface area contributed by atoms with E-state index in [0.29, 0.717) is 12.6 Å². The topological polar surface area (TPSA) is 53.4 Å². The molecule has 1 saturated heterocycles. The molecule has 0 spiro atoms. The molecule has 1 fully saturated rings. The summed E-state index contributed by atoms with van der Waals surface area (Å²) in [4.78, 5) is 16.8. The van der Waals surface area contributed by atoms with Crippen molar-refractivity contribution in [2.24, 2.45) is 0 Å². The molecule has 2 heterocycles. The van der Waals surface area contributed by atoms with E-state index >= 15 is 0 Å². The zero-order valence-corrected chi connectivity index (χ0v) is 15.2. The second kappa shape index (κ2) is 7.81. The molecule has 0 radical (unpaired) electrons. The summed E-state index contributed by atoms with van der Waals surface area (Å²) in [6, 6.07) is 2.67. The minimum Gasteiger partial charge on any atom is -0.334 e. The predicted molar refractivity (Wildman–Crippen MR) is 92.6 cm³/mol. The molecule has 0 saturated carbocycles. The van der Waals surface area contributed by atoms with Gasteiger partial charge in [0, 0.05) is 30.9 Å². The molecule has 1 aromatic rings. The van der Waals surface area contributed by atoms with E-state index in [1.807, 2.05) is 30.4 Å². The first-order chi connectivity index (χ1) is 10.9. The van der Waals surface area contributed by atoms with Crippen molar-refractivity contribution in [1.82, 2.24) is 24.9 Å². The van der Waals surface area contributed by atoms with Crippen LogP contribution >= 0.6 is 0 Å². The summed E-state index contributed by atoms with van der Waals surface area (Å²) in [6.07, 6.45) is 1.07. The number of urea groups is 1. The molecule has 23 heavy (non-hydrogen) atoms. The van der Waals surface area contributed by atoms with Gasteiger partial charge in [-0.3, -0.25) is 9.58 Å². The van der Waals surface area contributed by atoms with E-state index in [-0.39, 0.29) is 12.1 Å². The highest BCUT2D eigenvalue weighted by molar-refractivity contribution is 5.74. The molecule has 2 atom stereocenters. The van der Waals surface area contributed by atoms with E-state index < -0.39 is 0 Å². The fraction of sp³-hybridized carbons (Fsp3) is 0.765. The summed E-state index contributed by atoms with van der Waals surface area (Å²) in [5, 5.41) is 7.57. The lowest BCUT2D eigenvalue weighted by molar-refractivity contribution is 0.189. The van der Waals surface area contributed by atoms with E-state index in [4.69, 9.17) is 0 Å². The normalized spacial score (nSPS) is 19.4. The van der Waals surface area contributed by atoms with E-state index in [9.17, 15) is 4.79 Å². The van der Waals surface area contributed by atoms with Crippen LogP contribution in [0, 0.1) is 13.8 Å². The van der Waals surface area contributed by atoms with Crippen molar-refractivity contribution in [2.45, 2.75) is 59.7 Å². The average Bonchev–Trinajstić information content (AvgIpc) is 3.08. The number of rotatable bonds is 6. The molecule has 0 bridgehead atoms. The summed E-state index contributed by atoms with van der Waals surface area (Å²) in [7, 11) is 0. The van der Waals surface area contributed by atoms with Crippen molar-refractivity contribution in [1.29, 1.82) is 0 Å². The number of nitrogens with one attached hydrogen (secondary N) is 1. The van der Waals surface area contributed by atoms with Crippen LogP contribution in [0.25, 0.3) is 0 Å². The van der Waals surface area contributed by atoms with Crippen LogP contribution in [-0.2, 0) is 6.54 Å². The van der Waals surface area contributed by atoms with Crippen molar-refractivity contribution in [3.05, 3.63) is 17.5 Å². The number of carbonyl (C=O) groups excluding carboxylic acids is 1. The van der Waals surface area contributed by atoms with Crippen molar-refractivity contribution < 1.29 is 4.79 Å². The minimum absolute atomic E-state index is 0.0497. The van der Waals surface area contributed by atoms with Gasteiger partial charge in [-0.15, -0.1) is 0 Å². The van der Waals surface area contributed by atoms with Crippen molar-refractivity contribution in [2.75, 3.05) is 26.2 Å². The van der Waals surface area contributed by atoms with Crippen LogP contribution < -0.4 is 5.32 Å². The third-order valence-corrected chi connectivity index (χ3v) is 4.70. The van der Waals surface area contributed by atoms with Crippen LogP contribution in [0.5, 0.6) is 0 Å². The highest BCUT2D eigenvalue weighted by Crippen LogP contribution is 2.15. The molecule has 6 heteroatoms. The number of hydrogen-bond donors (Lipinski definition) is 1. The first-order valence-corrected chi connectivity index (χ1v) is 8.75. The second-order valence-electron chi connectivity index (χ2n) is 6.57. The number of nitrogens with zero attached hydrogens (tertiary/aromatic N) is 4. The monoisotopic (exact) mass is 321 g/mol. The third-order valence-electron chi connectivity index (χ3n) is 4.70. The smallest absolute Gasteiger partial charge is 0.317 e. The molecule has 130 valence electrons. The molecule has 6 nitrogen and oxygen atoms in total. The molecule has 1 aliphatic heterocycles. The Morgan fingerprint density at radius 3 is 2.70 bits per heavy atom. The number of carbonyl (C=O) groups is 1. The number of hydrogen-bond acceptors (Lipinski definition) is 3. The van der Waals surface area contributed by atoms with Gasteiger partial charge in [-0.1, -0.05) is 13.8 Å². The number of amides is 2. The molecule has 1 aliphatic rings. The third kappa shape index (κ3) is 4.47. The Morgan fingerprint density at radius 2 is 2.13 bits per heavy atom. The number of aryl methyl sites for hydroxylation is 2. The predicted octanol–water partition coefficient (Wildman–Crippen LogP) is 2.01. The molecule has 2 amide bonds. The molecule has 0 aromatic carbocycles. The first-order valence-electron chi connectivity index (χ1n) is 8.75. The van der Waals surface area contributed by atoms with E-state index in [0.717, 1.165) is 44.0 Å². The van der Waals surface area contributed by atoms with E-state index in [2.05, 4.69) is 35.2 Å². The standard InChI is InChI=1S/C17H31N5O/c1-6-20(7-2)16-8-9-21(12-16)17(23)18-14(4)11-22-15(5)10-13(3)19-22/h10,14,16H,6-9,11-12H2,1-5H3,(H,18,23)/t14-,16-/m0/s1. The van der Waals surface area contributed by atoms with Gasteiger partial charge < -0.3 is 10.2 Å². The summed E-state index contributed by atoms with van der Waals surface area (Å²) >= 11 is 0. The molecule has 0 aliphatic carbocycles. The summed E-state index contributed by atoms with van der Waals surface area (Å²) in [5.74, 6) is 0. The maximum Gasteiger partial charge on any atom is 0.317 e. The molecular formula is C17H31N5O. The first kappa shape index (κ1) is 17.8. The maximum absolute atomic E-state index is 12.4. The number of likely N-dealkylation sites (tertiary alicyclic amines) is 1. The zero-order valence-electron chi connectivity index (χ0n) is 15.2. The van der Waals surface area contributed by atoms with Gasteiger partial charge in [0.15, 0.2) is 0 Å². The highest BCUT2D eigenvalue weighted by atomic mass is 16.2. The van der Waals surface area contributed by atoms with Gasteiger partial charge in [-0.2, -0.15) is 5.10 Å². The zero-order chi connectivity index (χ0) is 17.0. The Labute approximate surface area is 139 Å². The summed E-state index contributed by atoms with van der Waals surface area (Å²) in [5.41, 5.74) is 2.15. The van der Waals surface area contributed by atoms with Gasteiger partial charge in [-0.25, -0.2) is 4.79 Å². The molecule has 1 N–H and O–H groups in total. The molecular weight excluding hydrogens is 290 g/mol. The number of aromatic nitrogens is 2. The minimum atomic E-state index is 0.0497. The lowest BCUT2D eigenvalue weighted by Gasteiger charge is -2.26.